The summed E-state index contributed by atoms with van der Waals surface area (Å²) in [5, 5.41) is 2.91. The van der Waals surface area contributed by atoms with E-state index >= 15 is 0 Å². The third-order valence-electron chi connectivity index (χ3n) is 3.57. The van der Waals surface area contributed by atoms with Crippen LogP contribution in [-0.4, -0.2) is 16.8 Å². The van der Waals surface area contributed by atoms with E-state index in [0.717, 1.165) is 5.56 Å². The van der Waals surface area contributed by atoms with Crippen molar-refractivity contribution in [1.82, 2.24) is 5.32 Å². The Labute approximate surface area is 170 Å². The lowest BCUT2D eigenvalue weighted by Crippen LogP contribution is -2.17. The maximum Gasteiger partial charge on any atom is 0.263 e. The molecular weight excluding hydrogens is 409 g/mol. The molecule has 1 saturated heterocycles. The van der Waals surface area contributed by atoms with E-state index < -0.39 is 0 Å². The van der Waals surface area contributed by atoms with Crippen LogP contribution in [-0.2, 0) is 11.4 Å². The van der Waals surface area contributed by atoms with Crippen molar-refractivity contribution in [2.24, 2.45) is 0 Å². The topological polar surface area (TPSA) is 47.6 Å². The standard InChI is InChI=1S/C19H15ClFNO3S2/c1-2-24-15-8-12(9-16-18(23)22-19(26)27-16)7-14(20)17(15)25-10-11-3-5-13(21)6-4-11/h3-9H,2,10H2,1H3,(H,22,23,26). The van der Waals surface area contributed by atoms with Crippen molar-refractivity contribution in [1.29, 1.82) is 0 Å². The van der Waals surface area contributed by atoms with Crippen LogP contribution in [0.2, 0.25) is 5.02 Å². The second-order valence-electron chi connectivity index (χ2n) is 5.53. The van der Waals surface area contributed by atoms with Gasteiger partial charge >= 0.3 is 0 Å². The highest BCUT2D eigenvalue weighted by atomic mass is 35.5. The highest BCUT2D eigenvalue weighted by molar-refractivity contribution is 8.26. The number of carbonyl (C=O) groups excluding carboxylic acids is 1. The van der Waals surface area contributed by atoms with Crippen LogP contribution in [0, 0.1) is 5.82 Å². The predicted octanol–water partition coefficient (Wildman–Crippen LogP) is 4.95. The Morgan fingerprint density at radius 1 is 1.26 bits per heavy atom. The molecule has 0 atom stereocenters. The van der Waals surface area contributed by atoms with Crippen LogP contribution >= 0.6 is 35.6 Å². The van der Waals surface area contributed by atoms with E-state index in [1.54, 1.807) is 30.3 Å². The lowest BCUT2D eigenvalue weighted by molar-refractivity contribution is -0.115. The van der Waals surface area contributed by atoms with Crippen molar-refractivity contribution in [2.75, 3.05) is 6.61 Å². The molecule has 0 aromatic heterocycles. The second kappa shape index (κ2) is 8.73. The summed E-state index contributed by atoms with van der Waals surface area (Å²) in [7, 11) is 0. The number of thioether (sulfide) groups is 1. The number of halogens is 2. The maximum absolute atomic E-state index is 13.0. The van der Waals surface area contributed by atoms with E-state index in [2.05, 4.69) is 5.32 Å². The van der Waals surface area contributed by atoms with Crippen molar-refractivity contribution >= 4 is 51.9 Å². The molecule has 0 unspecified atom stereocenters. The molecule has 0 saturated carbocycles. The maximum atomic E-state index is 13.0. The van der Waals surface area contributed by atoms with E-state index in [0.29, 0.717) is 37.9 Å². The summed E-state index contributed by atoms with van der Waals surface area (Å²) >= 11 is 12.6. The average molecular weight is 424 g/mol. The summed E-state index contributed by atoms with van der Waals surface area (Å²) in [5.41, 5.74) is 1.49. The molecule has 8 heteroatoms. The first-order valence-corrected chi connectivity index (χ1v) is 9.65. The van der Waals surface area contributed by atoms with Crippen molar-refractivity contribution in [3.63, 3.8) is 0 Å². The van der Waals surface area contributed by atoms with Gasteiger partial charge in [-0.15, -0.1) is 0 Å². The van der Waals surface area contributed by atoms with Gasteiger partial charge in [0, 0.05) is 0 Å². The Balaban J connectivity index is 1.85. The lowest BCUT2D eigenvalue weighted by Gasteiger charge is -2.14. The first kappa shape index (κ1) is 19.7. The molecule has 1 fully saturated rings. The van der Waals surface area contributed by atoms with Crippen LogP contribution in [0.25, 0.3) is 6.08 Å². The van der Waals surface area contributed by atoms with Gasteiger partial charge in [0.15, 0.2) is 11.5 Å². The van der Waals surface area contributed by atoms with Crippen molar-refractivity contribution in [3.05, 3.63) is 63.3 Å². The summed E-state index contributed by atoms with van der Waals surface area (Å²) in [5.74, 6) is 0.308. The Morgan fingerprint density at radius 2 is 2.00 bits per heavy atom. The van der Waals surface area contributed by atoms with Gasteiger partial charge in [0.2, 0.25) is 0 Å². The minimum absolute atomic E-state index is 0.215. The number of hydrogen-bond acceptors (Lipinski definition) is 5. The molecule has 3 rings (SSSR count). The van der Waals surface area contributed by atoms with Gasteiger partial charge in [-0.3, -0.25) is 4.79 Å². The van der Waals surface area contributed by atoms with Crippen LogP contribution < -0.4 is 14.8 Å². The summed E-state index contributed by atoms with van der Waals surface area (Å²) < 4.78 is 24.9. The summed E-state index contributed by atoms with van der Waals surface area (Å²) in [6.07, 6.45) is 1.69. The highest BCUT2D eigenvalue weighted by Gasteiger charge is 2.22. The van der Waals surface area contributed by atoms with Crippen molar-refractivity contribution in [3.8, 4) is 11.5 Å². The zero-order valence-corrected chi connectivity index (χ0v) is 16.6. The number of nitrogens with one attached hydrogen (secondary N) is 1. The van der Waals surface area contributed by atoms with Gasteiger partial charge in [0.25, 0.3) is 5.91 Å². The molecule has 1 aliphatic heterocycles. The number of benzene rings is 2. The van der Waals surface area contributed by atoms with E-state index in [4.69, 9.17) is 33.3 Å². The summed E-state index contributed by atoms with van der Waals surface area (Å²) in [4.78, 5) is 12.3. The fraction of sp³-hybridized carbons (Fsp3) is 0.158. The number of amides is 1. The molecule has 0 aliphatic carbocycles. The minimum atomic E-state index is -0.308. The number of hydrogen-bond donors (Lipinski definition) is 1. The number of thiocarbonyl (C=S) groups is 1. The fourth-order valence-electron chi connectivity index (χ4n) is 2.38. The van der Waals surface area contributed by atoms with Gasteiger partial charge in [-0.2, -0.15) is 0 Å². The SMILES string of the molecule is CCOc1cc(C=C2SC(=S)NC2=O)cc(Cl)c1OCc1ccc(F)cc1. The Kier molecular flexibility index (Phi) is 6.36. The van der Waals surface area contributed by atoms with Crippen LogP contribution in [0.4, 0.5) is 4.39 Å². The molecular formula is C19H15ClFNO3S2. The van der Waals surface area contributed by atoms with Crippen LogP contribution in [0.1, 0.15) is 18.1 Å². The molecule has 1 heterocycles. The smallest absolute Gasteiger partial charge is 0.263 e. The highest BCUT2D eigenvalue weighted by Crippen LogP contribution is 2.38. The third kappa shape index (κ3) is 5.00. The minimum Gasteiger partial charge on any atom is -0.490 e. The van der Waals surface area contributed by atoms with E-state index in [-0.39, 0.29) is 18.3 Å². The normalized spacial score (nSPS) is 15.1. The molecule has 27 heavy (non-hydrogen) atoms. The lowest BCUT2D eigenvalue weighted by atomic mass is 10.1. The molecule has 0 spiro atoms. The average Bonchev–Trinajstić information content (AvgIpc) is 2.93. The van der Waals surface area contributed by atoms with Gasteiger partial charge in [0.05, 0.1) is 16.5 Å². The summed E-state index contributed by atoms with van der Waals surface area (Å²) in [6.45, 7) is 2.48. The Morgan fingerprint density at radius 3 is 2.63 bits per heavy atom. The Hall–Kier alpha value is -2.09. The molecule has 0 radical (unpaired) electrons. The quantitative estimate of drug-likeness (QED) is 0.526. The van der Waals surface area contributed by atoms with Gasteiger partial charge in [0.1, 0.15) is 16.7 Å². The van der Waals surface area contributed by atoms with E-state index in [1.165, 1.54) is 23.9 Å². The largest absolute Gasteiger partial charge is 0.490 e. The zero-order chi connectivity index (χ0) is 19.4. The number of carbonyl (C=O) groups is 1. The fourth-order valence-corrected chi connectivity index (χ4v) is 3.70. The second-order valence-corrected chi connectivity index (χ2v) is 7.66. The molecule has 4 nitrogen and oxygen atoms in total. The van der Waals surface area contributed by atoms with Gasteiger partial charge in [-0.25, -0.2) is 4.39 Å². The van der Waals surface area contributed by atoms with E-state index in [1.807, 2.05) is 6.92 Å². The van der Waals surface area contributed by atoms with Gasteiger partial charge < -0.3 is 14.8 Å². The van der Waals surface area contributed by atoms with Gasteiger partial charge in [-0.05, 0) is 48.4 Å². The summed E-state index contributed by atoms with van der Waals surface area (Å²) in [6, 6.07) is 9.45. The van der Waals surface area contributed by atoms with Crippen LogP contribution in [0.3, 0.4) is 0 Å². The van der Waals surface area contributed by atoms with Crippen molar-refractivity contribution in [2.45, 2.75) is 13.5 Å². The molecule has 0 bridgehead atoms. The van der Waals surface area contributed by atoms with Crippen LogP contribution in [0.15, 0.2) is 41.3 Å². The molecule has 140 valence electrons. The van der Waals surface area contributed by atoms with E-state index in [9.17, 15) is 9.18 Å². The Bertz CT molecular complexity index is 916. The third-order valence-corrected chi connectivity index (χ3v) is 5.01. The molecule has 2 aromatic rings. The number of ether oxygens (including phenoxy) is 2. The van der Waals surface area contributed by atoms with Crippen molar-refractivity contribution < 1.29 is 18.7 Å². The van der Waals surface area contributed by atoms with Crippen LogP contribution in [0.5, 0.6) is 11.5 Å². The molecule has 1 N–H and O–H groups in total. The molecule has 1 aliphatic rings. The zero-order valence-electron chi connectivity index (χ0n) is 14.3. The first-order valence-electron chi connectivity index (χ1n) is 8.04. The molecule has 1 amide bonds. The monoisotopic (exact) mass is 423 g/mol. The predicted molar refractivity (Wildman–Crippen MR) is 110 cm³/mol. The van der Waals surface area contributed by atoms with Gasteiger partial charge in [-0.1, -0.05) is 47.7 Å². The number of rotatable bonds is 6. The molecule has 2 aromatic carbocycles. The first-order chi connectivity index (χ1) is 13.0.